The Morgan fingerprint density at radius 2 is 2.19 bits per heavy atom. The molecule has 0 unspecified atom stereocenters. The lowest BCUT2D eigenvalue weighted by molar-refractivity contribution is -0.692. The first-order valence-electron chi connectivity index (χ1n) is 11.4. The van der Waals surface area contributed by atoms with Gasteiger partial charge in [-0.15, -0.1) is 11.8 Å². The number of rotatable bonds is 8. The van der Waals surface area contributed by atoms with E-state index in [1.165, 1.54) is 33.7 Å². The average Bonchev–Trinajstić information content (AvgIpc) is 3.48. The van der Waals surface area contributed by atoms with Crippen LogP contribution in [0.3, 0.4) is 0 Å². The number of nitrogens with one attached hydrogen (secondary N) is 1. The number of nitrogens with zero attached hydrogens (tertiary/aromatic N) is 5. The van der Waals surface area contributed by atoms with Gasteiger partial charge >= 0.3 is 5.97 Å². The Morgan fingerprint density at radius 1 is 1.39 bits per heavy atom. The monoisotopic (exact) mass is 550 g/mol. The van der Waals surface area contributed by atoms with Gasteiger partial charge in [-0.2, -0.15) is 13.9 Å². The van der Waals surface area contributed by atoms with Crippen molar-refractivity contribution >= 4 is 63.3 Å². The summed E-state index contributed by atoms with van der Waals surface area (Å²) in [6, 6.07) is -0.914. The number of nitrogen functional groups attached to an aromatic ring is 1. The molecular formula is C21H24N7O5S3+. The van der Waals surface area contributed by atoms with Crippen LogP contribution in [0.4, 0.5) is 5.13 Å². The van der Waals surface area contributed by atoms with E-state index < -0.39 is 29.2 Å². The second kappa shape index (κ2) is 10.1. The van der Waals surface area contributed by atoms with Gasteiger partial charge in [-0.1, -0.05) is 16.5 Å². The van der Waals surface area contributed by atoms with Gasteiger partial charge in [-0.25, -0.2) is 4.79 Å². The number of anilines is 1. The molecule has 1 fully saturated rings. The summed E-state index contributed by atoms with van der Waals surface area (Å²) in [6.07, 6.45) is 4.33. The molecule has 2 aromatic heterocycles. The van der Waals surface area contributed by atoms with Crippen LogP contribution in [0.15, 0.2) is 21.9 Å². The minimum absolute atomic E-state index is 0.00495. The van der Waals surface area contributed by atoms with E-state index in [0.29, 0.717) is 17.9 Å². The number of aryl methyl sites for hydroxylation is 1. The number of thioether (sulfide) groups is 1. The lowest BCUT2D eigenvalue weighted by Gasteiger charge is -2.49. The van der Waals surface area contributed by atoms with Gasteiger partial charge in [-0.3, -0.25) is 14.5 Å². The zero-order valence-corrected chi connectivity index (χ0v) is 21.7. The Hall–Kier alpha value is -3.04. The molecule has 2 aliphatic heterocycles. The van der Waals surface area contributed by atoms with Crippen LogP contribution in [0, 0.1) is 0 Å². The van der Waals surface area contributed by atoms with E-state index in [1.54, 1.807) is 18.3 Å². The third kappa shape index (κ3) is 4.46. The second-order valence-corrected chi connectivity index (χ2v) is 11.2. The fourth-order valence-electron chi connectivity index (χ4n) is 4.48. The molecular weight excluding hydrogens is 526 g/mol. The maximum atomic E-state index is 13.1. The number of oxime groups is 1. The number of carbonyl (C=O) groups excluding carboxylic acids is 2. The van der Waals surface area contributed by atoms with Gasteiger partial charge in [0, 0.05) is 29.3 Å². The Labute approximate surface area is 218 Å². The van der Waals surface area contributed by atoms with E-state index in [-0.39, 0.29) is 29.0 Å². The molecule has 190 valence electrons. The number of carbonyl (C=O) groups is 3. The molecule has 0 radical (unpaired) electrons. The topological polar surface area (TPSA) is 164 Å². The first-order chi connectivity index (χ1) is 17.4. The molecule has 0 saturated carbocycles. The summed E-state index contributed by atoms with van der Waals surface area (Å²) in [5.74, 6) is -1.92. The van der Waals surface area contributed by atoms with Crippen molar-refractivity contribution < 1.29 is 28.9 Å². The average molecular weight is 551 g/mol. The highest BCUT2D eigenvalue weighted by Gasteiger charge is 2.55. The summed E-state index contributed by atoms with van der Waals surface area (Å²) in [5, 5.41) is 16.1. The van der Waals surface area contributed by atoms with E-state index >= 15 is 0 Å². The number of aromatic nitrogens is 3. The molecule has 4 heterocycles. The molecule has 0 bridgehead atoms. The van der Waals surface area contributed by atoms with Crippen LogP contribution in [0.25, 0.3) is 0 Å². The number of hydrogen-bond acceptors (Lipinski definition) is 11. The molecule has 2 atom stereocenters. The van der Waals surface area contributed by atoms with Crippen LogP contribution in [0.2, 0.25) is 0 Å². The second-order valence-electron chi connectivity index (χ2n) is 8.36. The van der Waals surface area contributed by atoms with Gasteiger partial charge in [-0.05, 0) is 26.2 Å². The zero-order chi connectivity index (χ0) is 25.4. The number of thiazole rings is 1. The maximum Gasteiger partial charge on any atom is 0.352 e. The quantitative estimate of drug-likeness (QED) is 0.184. The number of carboxylic acid groups (broad SMARTS) is 1. The molecule has 0 aromatic carbocycles. The molecule has 2 aromatic rings. The molecule has 4 N–H and O–H groups in total. The Balaban J connectivity index is 1.35. The third-order valence-corrected chi connectivity index (χ3v) is 9.08. The van der Waals surface area contributed by atoms with Crippen LogP contribution >= 0.6 is 34.6 Å². The van der Waals surface area contributed by atoms with Gasteiger partial charge in [0.2, 0.25) is 17.0 Å². The fourth-order valence-corrected chi connectivity index (χ4v) is 7.32. The van der Waals surface area contributed by atoms with Gasteiger partial charge in [0.05, 0.1) is 4.88 Å². The van der Waals surface area contributed by atoms with Crippen LogP contribution in [-0.2, 0) is 38.6 Å². The predicted molar refractivity (Wildman–Crippen MR) is 133 cm³/mol. The number of fused-ring (bicyclic) bond motifs is 2. The summed E-state index contributed by atoms with van der Waals surface area (Å²) < 4.78 is 6.12. The van der Waals surface area contributed by atoms with E-state index in [4.69, 9.17) is 10.6 Å². The predicted octanol–water partition coefficient (Wildman–Crippen LogP) is 0.528. The molecule has 0 spiro atoms. The van der Waals surface area contributed by atoms with Gasteiger partial charge in [0.1, 0.15) is 23.7 Å². The van der Waals surface area contributed by atoms with Crippen molar-refractivity contribution in [1.82, 2.24) is 19.6 Å². The summed E-state index contributed by atoms with van der Waals surface area (Å²) in [7, 11) is 0. The molecule has 1 aliphatic carbocycles. The molecule has 15 heteroatoms. The lowest BCUT2D eigenvalue weighted by atomic mass is 10.0. The summed E-state index contributed by atoms with van der Waals surface area (Å²) in [4.78, 5) is 49.9. The van der Waals surface area contributed by atoms with Crippen molar-refractivity contribution in [2.24, 2.45) is 5.16 Å². The van der Waals surface area contributed by atoms with Gasteiger partial charge in [0.25, 0.3) is 11.8 Å². The van der Waals surface area contributed by atoms with Crippen molar-refractivity contribution in [2.45, 2.75) is 50.6 Å². The summed E-state index contributed by atoms with van der Waals surface area (Å²) in [5.41, 5.74) is 9.40. The number of amides is 2. The summed E-state index contributed by atoms with van der Waals surface area (Å²) in [6.45, 7) is 2.34. The SMILES string of the molecule is CCO/N=C(/C(=O)N[C@@H]1C(=O)N2C(C(=O)O)=C(C[n+]3csc4c3CCCC4)CS[C@H]12)c1nsc(N)n1. The Bertz CT molecular complexity index is 1290. The van der Waals surface area contributed by atoms with Crippen molar-refractivity contribution in [3.8, 4) is 0 Å². The number of β-lactam (4-membered cyclic amide) rings is 1. The molecule has 36 heavy (non-hydrogen) atoms. The molecule has 2 amide bonds. The van der Waals surface area contributed by atoms with E-state index in [2.05, 4.69) is 24.4 Å². The van der Waals surface area contributed by atoms with Crippen molar-refractivity contribution in [3.63, 3.8) is 0 Å². The number of nitrogens with two attached hydrogens (primary N) is 1. The minimum Gasteiger partial charge on any atom is -0.477 e. The largest absolute Gasteiger partial charge is 0.477 e. The van der Waals surface area contributed by atoms with Crippen molar-refractivity contribution in [2.75, 3.05) is 18.1 Å². The highest BCUT2D eigenvalue weighted by molar-refractivity contribution is 8.00. The number of hydrogen-bond donors (Lipinski definition) is 3. The number of aliphatic carboxylic acids is 1. The normalized spacial score (nSPS) is 21.5. The maximum absolute atomic E-state index is 13.1. The van der Waals surface area contributed by atoms with E-state index in [1.807, 2.05) is 5.51 Å². The van der Waals surface area contributed by atoms with Gasteiger partial charge in [0.15, 0.2) is 17.4 Å². The zero-order valence-electron chi connectivity index (χ0n) is 19.3. The minimum atomic E-state index is -1.15. The molecule has 3 aliphatic rings. The first-order valence-corrected chi connectivity index (χ1v) is 14.1. The van der Waals surface area contributed by atoms with Crippen LogP contribution in [0.1, 0.15) is 36.2 Å². The first kappa shape index (κ1) is 24.6. The van der Waals surface area contributed by atoms with E-state index in [0.717, 1.165) is 30.8 Å². The smallest absolute Gasteiger partial charge is 0.352 e. The molecule has 12 nitrogen and oxygen atoms in total. The Morgan fingerprint density at radius 3 is 2.92 bits per heavy atom. The lowest BCUT2D eigenvalue weighted by Crippen LogP contribution is -2.71. The molecule has 1 saturated heterocycles. The number of carboxylic acids is 1. The van der Waals surface area contributed by atoms with Crippen LogP contribution in [-0.4, -0.2) is 66.6 Å². The fraction of sp³-hybridized carbons (Fsp3) is 0.476. The van der Waals surface area contributed by atoms with Crippen molar-refractivity contribution in [3.05, 3.63) is 33.2 Å². The van der Waals surface area contributed by atoms with Crippen LogP contribution < -0.4 is 15.6 Å². The van der Waals surface area contributed by atoms with E-state index in [9.17, 15) is 19.5 Å². The highest BCUT2D eigenvalue weighted by Crippen LogP contribution is 2.40. The summed E-state index contributed by atoms with van der Waals surface area (Å²) >= 11 is 4.03. The third-order valence-electron chi connectivity index (χ3n) is 6.11. The Kier molecular flexibility index (Phi) is 6.94. The highest BCUT2D eigenvalue weighted by atomic mass is 32.2. The van der Waals surface area contributed by atoms with Crippen LogP contribution in [0.5, 0.6) is 0 Å². The van der Waals surface area contributed by atoms with Gasteiger partial charge < -0.3 is 21.0 Å². The molecule has 5 rings (SSSR count). The standard InChI is InChI=1S/C21H23N7O5S3/c1-2-33-25-13(16-24-21(22)36-26-16)17(29)23-14-18(30)28-15(20(31)32)10(8-34-19(14)28)7-27-9-35-12-6-4-3-5-11(12)27/h9,14,19H,2-8H2,1H3,(H3-,22,23,24,26,29,31,32)/p+1/b25-13+/t14-,19-/m1/s1. The van der Waals surface area contributed by atoms with Crippen molar-refractivity contribution in [1.29, 1.82) is 0 Å².